The van der Waals surface area contributed by atoms with Gasteiger partial charge in [0.25, 0.3) is 5.91 Å². The van der Waals surface area contributed by atoms with Gasteiger partial charge in [-0.3, -0.25) is 4.79 Å². The number of nitrogens with one attached hydrogen (secondary N) is 1. The third kappa shape index (κ3) is 4.97. The molecule has 0 aliphatic carbocycles. The van der Waals surface area contributed by atoms with Gasteiger partial charge in [-0.2, -0.15) is 0 Å². The van der Waals surface area contributed by atoms with Crippen molar-refractivity contribution >= 4 is 23.3 Å². The van der Waals surface area contributed by atoms with Gasteiger partial charge in [0.05, 0.1) is 17.8 Å². The monoisotopic (exact) mass is 403 g/mol. The molecular weight excluding hydrogens is 382 g/mol. The summed E-state index contributed by atoms with van der Waals surface area (Å²) in [5.74, 6) is 1.40. The summed E-state index contributed by atoms with van der Waals surface area (Å²) in [4.78, 5) is 18.2. The molecule has 0 aliphatic rings. The van der Waals surface area contributed by atoms with Gasteiger partial charge in [-0.25, -0.2) is 4.98 Å². The molecule has 4 aromatic rings. The molecule has 2 aromatic heterocycles. The molecular formula is C23H21N3O2S. The van der Waals surface area contributed by atoms with Crippen LogP contribution in [0.3, 0.4) is 0 Å². The first-order valence-corrected chi connectivity index (χ1v) is 10.4. The second-order valence-corrected chi connectivity index (χ2v) is 7.42. The summed E-state index contributed by atoms with van der Waals surface area (Å²) in [5.41, 5.74) is 2.57. The number of nitrogens with zero attached hydrogens (tertiary/aromatic N) is 2. The maximum absolute atomic E-state index is 12.6. The van der Waals surface area contributed by atoms with Crippen LogP contribution in [-0.2, 0) is 5.75 Å². The number of hydrogen-bond acceptors (Lipinski definition) is 4. The molecule has 0 spiro atoms. The zero-order chi connectivity index (χ0) is 19.9. The Morgan fingerprint density at radius 1 is 1.00 bits per heavy atom. The Labute approximate surface area is 173 Å². The summed E-state index contributed by atoms with van der Waals surface area (Å²) in [6, 6.07) is 23.1. The van der Waals surface area contributed by atoms with Crippen molar-refractivity contribution < 1.29 is 9.53 Å². The van der Waals surface area contributed by atoms with Gasteiger partial charge >= 0.3 is 0 Å². The quantitative estimate of drug-likeness (QED) is 0.349. The Kier molecular flexibility index (Phi) is 6.12. The molecule has 0 fully saturated rings. The molecule has 0 saturated heterocycles. The summed E-state index contributed by atoms with van der Waals surface area (Å²) in [6.45, 7) is 0.867. The molecule has 2 aromatic carbocycles. The Hall–Kier alpha value is -3.25. The molecule has 1 N–H and O–H groups in total. The zero-order valence-corrected chi connectivity index (χ0v) is 16.6. The number of imidazole rings is 1. The summed E-state index contributed by atoms with van der Waals surface area (Å²) in [6.07, 6.45) is 4.00. The highest BCUT2D eigenvalue weighted by molar-refractivity contribution is 7.98. The van der Waals surface area contributed by atoms with Crippen LogP contribution in [0.5, 0.6) is 5.75 Å². The van der Waals surface area contributed by atoms with Crippen molar-refractivity contribution in [2.45, 2.75) is 10.6 Å². The Balaban J connectivity index is 1.33. The minimum Gasteiger partial charge on any atom is -0.492 e. The molecule has 5 nitrogen and oxygen atoms in total. The molecule has 29 heavy (non-hydrogen) atoms. The van der Waals surface area contributed by atoms with E-state index in [1.165, 1.54) is 0 Å². The van der Waals surface area contributed by atoms with E-state index in [1.807, 2.05) is 89.6 Å². The Morgan fingerprint density at radius 3 is 2.66 bits per heavy atom. The van der Waals surface area contributed by atoms with Crippen molar-refractivity contribution in [2.24, 2.45) is 0 Å². The standard InChI is InChI=1S/C23H21N3O2S/c27-23(24-13-15-28-19-8-2-1-3-9-19)20-10-4-5-11-21(20)29-17-18-16-26-14-7-6-12-22(26)25-18/h1-12,14,16H,13,15,17H2,(H,24,27). The zero-order valence-electron chi connectivity index (χ0n) is 15.8. The fourth-order valence-corrected chi connectivity index (χ4v) is 3.87. The number of carbonyl (C=O) groups is 1. The van der Waals surface area contributed by atoms with E-state index < -0.39 is 0 Å². The average Bonchev–Trinajstić information content (AvgIpc) is 3.19. The van der Waals surface area contributed by atoms with Gasteiger partial charge in [0.15, 0.2) is 0 Å². The van der Waals surface area contributed by atoms with Crippen molar-refractivity contribution in [3.8, 4) is 5.75 Å². The van der Waals surface area contributed by atoms with E-state index in [0.717, 1.165) is 22.0 Å². The average molecular weight is 404 g/mol. The number of aromatic nitrogens is 2. The number of thioether (sulfide) groups is 1. The third-order valence-electron chi connectivity index (χ3n) is 4.32. The number of carbonyl (C=O) groups excluding carboxylic acids is 1. The van der Waals surface area contributed by atoms with Crippen LogP contribution in [0.2, 0.25) is 0 Å². The molecule has 1 amide bonds. The number of pyridine rings is 1. The maximum Gasteiger partial charge on any atom is 0.252 e. The van der Waals surface area contributed by atoms with E-state index in [4.69, 9.17) is 4.74 Å². The van der Waals surface area contributed by atoms with E-state index in [-0.39, 0.29) is 5.91 Å². The first-order valence-electron chi connectivity index (χ1n) is 9.40. The molecule has 2 heterocycles. The van der Waals surface area contributed by atoms with Gasteiger partial charge in [0.1, 0.15) is 18.0 Å². The van der Waals surface area contributed by atoms with Crippen LogP contribution in [0.15, 0.2) is 90.1 Å². The van der Waals surface area contributed by atoms with E-state index in [9.17, 15) is 4.79 Å². The highest BCUT2D eigenvalue weighted by atomic mass is 32.2. The first-order chi connectivity index (χ1) is 14.3. The van der Waals surface area contributed by atoms with Gasteiger partial charge in [-0.05, 0) is 36.4 Å². The predicted molar refractivity (Wildman–Crippen MR) is 115 cm³/mol. The molecule has 0 saturated carbocycles. The van der Waals surface area contributed by atoms with Crippen molar-refractivity contribution in [3.05, 3.63) is 96.4 Å². The van der Waals surface area contributed by atoms with Crippen molar-refractivity contribution in [1.82, 2.24) is 14.7 Å². The third-order valence-corrected chi connectivity index (χ3v) is 5.43. The summed E-state index contributed by atoms with van der Waals surface area (Å²) < 4.78 is 7.63. The molecule has 0 atom stereocenters. The second kappa shape index (κ2) is 9.30. The summed E-state index contributed by atoms with van der Waals surface area (Å²) in [5, 5.41) is 2.93. The van der Waals surface area contributed by atoms with Gasteiger partial charge < -0.3 is 14.5 Å². The molecule has 0 aliphatic heterocycles. The topological polar surface area (TPSA) is 55.6 Å². The van der Waals surface area contributed by atoms with Gasteiger partial charge in [0, 0.05) is 23.0 Å². The SMILES string of the molecule is O=C(NCCOc1ccccc1)c1ccccc1SCc1cn2ccccc2n1. The lowest BCUT2D eigenvalue weighted by atomic mass is 10.2. The second-order valence-electron chi connectivity index (χ2n) is 6.40. The largest absolute Gasteiger partial charge is 0.492 e. The van der Waals surface area contributed by atoms with Crippen LogP contribution in [-0.4, -0.2) is 28.4 Å². The molecule has 146 valence electrons. The maximum atomic E-state index is 12.6. The van der Waals surface area contributed by atoms with Crippen LogP contribution >= 0.6 is 11.8 Å². The van der Waals surface area contributed by atoms with Crippen LogP contribution in [0.4, 0.5) is 0 Å². The molecule has 0 bridgehead atoms. The smallest absolute Gasteiger partial charge is 0.252 e. The number of fused-ring (bicyclic) bond motifs is 1. The number of ether oxygens (including phenoxy) is 1. The highest BCUT2D eigenvalue weighted by Gasteiger charge is 2.12. The Morgan fingerprint density at radius 2 is 1.79 bits per heavy atom. The van der Waals surface area contributed by atoms with Gasteiger partial charge in [-0.1, -0.05) is 36.4 Å². The fraction of sp³-hybridized carbons (Fsp3) is 0.130. The van der Waals surface area contributed by atoms with Crippen LogP contribution < -0.4 is 10.1 Å². The molecule has 6 heteroatoms. The molecule has 4 rings (SSSR count). The number of rotatable bonds is 8. The van der Waals surface area contributed by atoms with E-state index >= 15 is 0 Å². The molecule has 0 unspecified atom stereocenters. The predicted octanol–water partition coefficient (Wildman–Crippen LogP) is 4.44. The lowest BCUT2D eigenvalue weighted by molar-refractivity contribution is 0.0944. The van der Waals surface area contributed by atoms with Gasteiger partial charge in [0.2, 0.25) is 0 Å². The number of amides is 1. The summed E-state index contributed by atoms with van der Waals surface area (Å²) in [7, 11) is 0. The van der Waals surface area contributed by atoms with Gasteiger partial charge in [-0.15, -0.1) is 11.8 Å². The molecule has 0 radical (unpaired) electrons. The van der Waals surface area contributed by atoms with E-state index in [1.54, 1.807) is 11.8 Å². The highest BCUT2D eigenvalue weighted by Crippen LogP contribution is 2.26. The fourth-order valence-electron chi connectivity index (χ4n) is 2.93. The number of benzene rings is 2. The Bertz CT molecular complexity index is 1060. The van der Waals surface area contributed by atoms with Crippen LogP contribution in [0, 0.1) is 0 Å². The lowest BCUT2D eigenvalue weighted by Crippen LogP contribution is -2.28. The minimum atomic E-state index is -0.0974. The van der Waals surface area contributed by atoms with E-state index in [0.29, 0.717) is 24.5 Å². The minimum absolute atomic E-state index is 0.0974. The van der Waals surface area contributed by atoms with Crippen molar-refractivity contribution in [3.63, 3.8) is 0 Å². The lowest BCUT2D eigenvalue weighted by Gasteiger charge is -2.10. The summed E-state index contributed by atoms with van der Waals surface area (Å²) >= 11 is 1.61. The van der Waals surface area contributed by atoms with Crippen molar-refractivity contribution in [2.75, 3.05) is 13.2 Å². The van der Waals surface area contributed by atoms with E-state index in [2.05, 4.69) is 10.3 Å². The number of para-hydroxylation sites is 1. The van der Waals surface area contributed by atoms with Crippen LogP contribution in [0.1, 0.15) is 16.1 Å². The first kappa shape index (κ1) is 19.1. The van der Waals surface area contributed by atoms with Crippen LogP contribution in [0.25, 0.3) is 5.65 Å². The number of hydrogen-bond donors (Lipinski definition) is 1. The normalized spacial score (nSPS) is 10.8. The van der Waals surface area contributed by atoms with Crippen molar-refractivity contribution in [1.29, 1.82) is 0 Å².